The van der Waals surface area contributed by atoms with Gasteiger partial charge in [-0.25, -0.2) is 4.39 Å². The zero-order valence-electron chi connectivity index (χ0n) is 11.4. The molecule has 2 aromatic rings. The highest BCUT2D eigenvalue weighted by Gasteiger charge is 2.14. The van der Waals surface area contributed by atoms with Crippen LogP contribution in [0.1, 0.15) is 28.7 Å². The number of nitrogens with zero attached hydrogens (tertiary/aromatic N) is 2. The molecule has 2 rings (SSSR count). The first-order chi connectivity index (χ1) is 9.40. The molecule has 106 valence electrons. The van der Waals surface area contributed by atoms with Gasteiger partial charge in [0, 0.05) is 13.1 Å². The van der Waals surface area contributed by atoms with E-state index in [1.807, 2.05) is 0 Å². The van der Waals surface area contributed by atoms with Gasteiger partial charge in [0.05, 0.1) is 22.0 Å². The molecule has 0 aliphatic carbocycles. The first kappa shape index (κ1) is 14.5. The van der Waals surface area contributed by atoms with Crippen LogP contribution in [0.3, 0.4) is 0 Å². The van der Waals surface area contributed by atoms with Gasteiger partial charge in [0.2, 0.25) is 0 Å². The minimum absolute atomic E-state index is 0.111. The Bertz CT molecular complexity index is 667. The van der Waals surface area contributed by atoms with Crippen LogP contribution in [0.25, 0.3) is 0 Å². The quantitative estimate of drug-likeness (QED) is 0.813. The van der Waals surface area contributed by atoms with Crippen molar-refractivity contribution in [2.24, 2.45) is 7.05 Å². The van der Waals surface area contributed by atoms with Gasteiger partial charge in [-0.3, -0.25) is 9.48 Å². The van der Waals surface area contributed by atoms with E-state index in [9.17, 15) is 9.18 Å². The third-order valence-electron chi connectivity index (χ3n) is 2.95. The van der Waals surface area contributed by atoms with E-state index in [-0.39, 0.29) is 18.1 Å². The molecule has 4 nitrogen and oxygen atoms in total. The summed E-state index contributed by atoms with van der Waals surface area (Å²) in [7, 11) is 1.75. The van der Waals surface area contributed by atoms with Gasteiger partial charge in [0.25, 0.3) is 0 Å². The summed E-state index contributed by atoms with van der Waals surface area (Å²) < 4.78 is 20.4. The zero-order chi connectivity index (χ0) is 14.9. The van der Waals surface area contributed by atoms with Gasteiger partial charge < -0.3 is 4.74 Å². The summed E-state index contributed by atoms with van der Waals surface area (Å²) in [6, 6.07) is 3.82. The lowest BCUT2D eigenvalue weighted by atomic mass is 10.1. The number of ketones is 1. The van der Waals surface area contributed by atoms with Crippen LogP contribution in [0.2, 0.25) is 5.02 Å². The van der Waals surface area contributed by atoms with Crippen LogP contribution in [0, 0.1) is 12.7 Å². The number of ether oxygens (including phenoxy) is 1. The van der Waals surface area contributed by atoms with Crippen LogP contribution in [0.4, 0.5) is 4.39 Å². The Labute approximate surface area is 121 Å². The molecule has 20 heavy (non-hydrogen) atoms. The molecule has 1 aromatic heterocycles. The lowest BCUT2D eigenvalue weighted by Gasteiger charge is -2.10. The van der Waals surface area contributed by atoms with E-state index >= 15 is 0 Å². The third-order valence-corrected chi connectivity index (χ3v) is 3.44. The first-order valence-corrected chi connectivity index (χ1v) is 6.39. The molecule has 0 aliphatic heterocycles. The smallest absolute Gasteiger partial charge is 0.163 e. The number of halogens is 2. The van der Waals surface area contributed by atoms with Crippen LogP contribution in [-0.4, -0.2) is 15.6 Å². The predicted octanol–water partition coefficient (Wildman–Crippen LogP) is 3.30. The molecule has 0 bridgehead atoms. The number of carbonyl (C=O) groups is 1. The maximum Gasteiger partial charge on any atom is 0.163 e. The molecule has 0 unspecified atom stereocenters. The highest BCUT2D eigenvalue weighted by Crippen LogP contribution is 2.24. The van der Waals surface area contributed by atoms with Crippen LogP contribution in [-0.2, 0) is 13.7 Å². The summed E-state index contributed by atoms with van der Waals surface area (Å²) in [6.45, 7) is 3.30. The van der Waals surface area contributed by atoms with E-state index in [1.165, 1.54) is 25.1 Å². The number of Topliss-reactive ketones (excluding diaryl/α,β-unsaturated/α-hetero) is 1. The molecule has 1 aromatic carbocycles. The summed E-state index contributed by atoms with van der Waals surface area (Å²) in [4.78, 5) is 11.5. The van der Waals surface area contributed by atoms with Gasteiger partial charge >= 0.3 is 0 Å². The summed E-state index contributed by atoms with van der Waals surface area (Å²) in [5, 5.41) is 4.67. The summed E-state index contributed by atoms with van der Waals surface area (Å²) in [5.41, 5.74) is 1.70. The van der Waals surface area contributed by atoms with E-state index in [0.717, 1.165) is 0 Å². The van der Waals surface area contributed by atoms with E-state index in [4.69, 9.17) is 16.3 Å². The molecule has 0 N–H and O–H groups in total. The fourth-order valence-electron chi connectivity index (χ4n) is 1.89. The number of carbonyl (C=O) groups excluding carboxylic acids is 1. The van der Waals surface area contributed by atoms with Gasteiger partial charge in [-0.1, -0.05) is 11.6 Å². The van der Waals surface area contributed by atoms with Crippen molar-refractivity contribution in [3.8, 4) is 5.75 Å². The molecule has 0 aliphatic rings. The number of benzene rings is 1. The molecule has 6 heteroatoms. The van der Waals surface area contributed by atoms with Gasteiger partial charge in [0.1, 0.15) is 18.2 Å². The second kappa shape index (κ2) is 5.63. The molecule has 0 saturated carbocycles. The Morgan fingerprint density at radius 1 is 1.50 bits per heavy atom. The minimum atomic E-state index is -0.461. The SMILES string of the molecule is CC(=O)c1ccc(F)cc1OCc1c(Cl)c(C)nn1C. The molecule has 0 radical (unpaired) electrons. The minimum Gasteiger partial charge on any atom is -0.486 e. The van der Waals surface area contributed by atoms with Crippen molar-refractivity contribution in [3.63, 3.8) is 0 Å². The number of hydrogen-bond acceptors (Lipinski definition) is 3. The van der Waals surface area contributed by atoms with Gasteiger partial charge in [-0.15, -0.1) is 0 Å². The molecule has 0 saturated heterocycles. The Kier molecular flexibility index (Phi) is 4.09. The lowest BCUT2D eigenvalue weighted by molar-refractivity contribution is 0.101. The average Bonchev–Trinajstić information content (AvgIpc) is 2.61. The second-order valence-corrected chi connectivity index (χ2v) is 4.83. The Hall–Kier alpha value is -1.88. The Balaban J connectivity index is 2.27. The second-order valence-electron chi connectivity index (χ2n) is 4.46. The predicted molar refractivity (Wildman–Crippen MR) is 73.7 cm³/mol. The number of aryl methyl sites for hydroxylation is 2. The van der Waals surface area contributed by atoms with Crippen molar-refractivity contribution in [2.75, 3.05) is 0 Å². The molecule has 1 heterocycles. The standard InChI is InChI=1S/C14H14ClFN2O2/c1-8-14(15)12(18(3)17-8)7-20-13-6-10(16)4-5-11(13)9(2)19/h4-6H,7H2,1-3H3. The monoisotopic (exact) mass is 296 g/mol. The van der Waals surface area contributed by atoms with E-state index in [1.54, 1.807) is 18.7 Å². The molecule has 0 fully saturated rings. The van der Waals surface area contributed by atoms with Crippen molar-refractivity contribution >= 4 is 17.4 Å². The number of rotatable bonds is 4. The maximum absolute atomic E-state index is 13.3. The van der Waals surface area contributed by atoms with Gasteiger partial charge in [-0.2, -0.15) is 5.10 Å². The van der Waals surface area contributed by atoms with Crippen LogP contribution in [0.5, 0.6) is 5.75 Å². The van der Waals surface area contributed by atoms with E-state index in [0.29, 0.717) is 22.0 Å². The largest absolute Gasteiger partial charge is 0.486 e. The molecule has 0 amide bonds. The van der Waals surface area contributed by atoms with E-state index < -0.39 is 5.82 Å². The van der Waals surface area contributed by atoms with Crippen molar-refractivity contribution in [3.05, 3.63) is 46.0 Å². The Morgan fingerprint density at radius 2 is 2.20 bits per heavy atom. The highest BCUT2D eigenvalue weighted by molar-refractivity contribution is 6.31. The summed E-state index contributed by atoms with van der Waals surface area (Å²) in [6.07, 6.45) is 0. The number of aromatic nitrogens is 2. The topological polar surface area (TPSA) is 44.1 Å². The average molecular weight is 297 g/mol. The lowest BCUT2D eigenvalue weighted by Crippen LogP contribution is -2.06. The van der Waals surface area contributed by atoms with Crippen LogP contribution in [0.15, 0.2) is 18.2 Å². The summed E-state index contributed by atoms with van der Waals surface area (Å²) in [5.74, 6) is -0.447. The van der Waals surface area contributed by atoms with Gasteiger partial charge in [-0.05, 0) is 26.0 Å². The molecular weight excluding hydrogens is 283 g/mol. The highest BCUT2D eigenvalue weighted by atomic mass is 35.5. The third kappa shape index (κ3) is 2.82. The normalized spacial score (nSPS) is 10.7. The Morgan fingerprint density at radius 3 is 2.75 bits per heavy atom. The maximum atomic E-state index is 13.3. The molecule has 0 atom stereocenters. The fraction of sp³-hybridized carbons (Fsp3) is 0.286. The summed E-state index contributed by atoms with van der Waals surface area (Å²) >= 11 is 6.11. The van der Waals surface area contributed by atoms with Crippen molar-refractivity contribution in [1.82, 2.24) is 9.78 Å². The first-order valence-electron chi connectivity index (χ1n) is 6.01. The van der Waals surface area contributed by atoms with E-state index in [2.05, 4.69) is 5.10 Å². The van der Waals surface area contributed by atoms with Gasteiger partial charge in [0.15, 0.2) is 5.78 Å². The van der Waals surface area contributed by atoms with Crippen molar-refractivity contribution in [2.45, 2.75) is 20.5 Å². The zero-order valence-corrected chi connectivity index (χ0v) is 12.2. The number of hydrogen-bond donors (Lipinski definition) is 0. The van der Waals surface area contributed by atoms with Crippen molar-refractivity contribution in [1.29, 1.82) is 0 Å². The van der Waals surface area contributed by atoms with Crippen LogP contribution >= 0.6 is 11.6 Å². The van der Waals surface area contributed by atoms with Crippen molar-refractivity contribution < 1.29 is 13.9 Å². The van der Waals surface area contributed by atoms with Crippen LogP contribution < -0.4 is 4.74 Å². The molecule has 0 spiro atoms. The fourth-order valence-corrected chi connectivity index (χ4v) is 2.10. The molecular formula is C14H14ClFN2O2.